The number of amides is 3. The predicted octanol–water partition coefficient (Wildman–Crippen LogP) is 5.53. The fraction of sp³-hybridized carbons (Fsp3) is 0.308. The van der Waals surface area contributed by atoms with Crippen molar-refractivity contribution >= 4 is 52.2 Å². The molecule has 41 heavy (non-hydrogen) atoms. The average molecular weight is 616 g/mol. The van der Waals surface area contributed by atoms with Gasteiger partial charge in [-0.25, -0.2) is 4.90 Å². The lowest BCUT2D eigenvalue weighted by atomic mass is 9.76. The Bertz CT molecular complexity index is 1640. The van der Waals surface area contributed by atoms with Gasteiger partial charge in [0.05, 0.1) is 33.4 Å². The van der Waals surface area contributed by atoms with E-state index in [1.807, 2.05) is 0 Å². The summed E-state index contributed by atoms with van der Waals surface area (Å²) >= 11 is 1.56. The second-order valence-corrected chi connectivity index (χ2v) is 12.1. The predicted molar refractivity (Wildman–Crippen MR) is 139 cm³/mol. The Hall–Kier alpha value is -3.59. The van der Waals surface area contributed by atoms with Crippen LogP contribution in [0.2, 0.25) is 0 Å². The molecule has 2 aromatic carbocycles. The number of fused-ring (bicyclic) bond motifs is 2. The number of halogens is 6. The van der Waals surface area contributed by atoms with Crippen LogP contribution in [0.4, 0.5) is 37.7 Å². The lowest BCUT2D eigenvalue weighted by Crippen LogP contribution is -2.42. The van der Waals surface area contributed by atoms with E-state index < -0.39 is 74.9 Å². The number of para-hydroxylation sites is 1. The van der Waals surface area contributed by atoms with Gasteiger partial charge in [0.15, 0.2) is 0 Å². The summed E-state index contributed by atoms with van der Waals surface area (Å²) in [7, 11) is 0. The molecule has 3 aromatic rings. The van der Waals surface area contributed by atoms with Crippen LogP contribution in [0, 0.1) is 5.92 Å². The summed E-state index contributed by atoms with van der Waals surface area (Å²) in [6.45, 7) is 2.56. The highest BCUT2D eigenvalue weighted by Gasteiger charge is 2.59. The Morgan fingerprint density at radius 1 is 0.951 bits per heavy atom. The van der Waals surface area contributed by atoms with Crippen LogP contribution in [0.25, 0.3) is 0 Å². The monoisotopic (exact) mass is 615 g/mol. The van der Waals surface area contributed by atoms with Crippen LogP contribution in [0.3, 0.4) is 0 Å². The number of hydrogen-bond acceptors (Lipinski definition) is 6. The molecular weight excluding hydrogens is 596 g/mol. The number of carbonyl (C=O) groups excluding carboxylic acids is 3. The number of imide groups is 1. The van der Waals surface area contributed by atoms with Crippen LogP contribution in [0.5, 0.6) is 0 Å². The molecular formula is C26H19F6N3O4S2. The van der Waals surface area contributed by atoms with E-state index in [0.29, 0.717) is 15.8 Å². The van der Waals surface area contributed by atoms with E-state index in [4.69, 9.17) is 0 Å². The van der Waals surface area contributed by atoms with E-state index >= 15 is 0 Å². The van der Waals surface area contributed by atoms with Crippen molar-refractivity contribution in [3.8, 4) is 0 Å². The lowest BCUT2D eigenvalue weighted by Gasteiger charge is -2.36. The molecule has 0 saturated carbocycles. The summed E-state index contributed by atoms with van der Waals surface area (Å²) in [6.07, 6.45) is -9.44. The molecule has 1 saturated heterocycles. The van der Waals surface area contributed by atoms with Crippen molar-refractivity contribution in [2.24, 2.45) is 5.92 Å². The molecule has 216 valence electrons. The van der Waals surface area contributed by atoms with E-state index in [1.165, 1.54) is 12.1 Å². The van der Waals surface area contributed by atoms with Gasteiger partial charge in [-0.05, 0) is 30.3 Å². The molecule has 5 rings (SSSR count). The van der Waals surface area contributed by atoms with Gasteiger partial charge >= 0.3 is 17.2 Å². The zero-order valence-corrected chi connectivity index (χ0v) is 22.7. The van der Waals surface area contributed by atoms with E-state index in [1.54, 1.807) is 13.8 Å². The summed E-state index contributed by atoms with van der Waals surface area (Å²) in [6, 6.07) is 8.16. The van der Waals surface area contributed by atoms with Gasteiger partial charge in [-0.15, -0.1) is 0 Å². The molecule has 2 atom stereocenters. The van der Waals surface area contributed by atoms with Crippen LogP contribution in [0.1, 0.15) is 29.9 Å². The third-order valence-corrected chi connectivity index (χ3v) is 9.77. The minimum absolute atomic E-state index is 0.192. The van der Waals surface area contributed by atoms with E-state index in [2.05, 4.69) is 5.32 Å². The summed E-state index contributed by atoms with van der Waals surface area (Å²) in [4.78, 5) is 53.1. The van der Waals surface area contributed by atoms with Crippen molar-refractivity contribution in [1.29, 1.82) is 0 Å². The maximum atomic E-state index is 13.5. The molecule has 3 heterocycles. The second-order valence-electron chi connectivity index (χ2n) is 9.98. The van der Waals surface area contributed by atoms with E-state index in [-0.39, 0.29) is 10.7 Å². The zero-order chi connectivity index (χ0) is 30.1. The Balaban J connectivity index is 1.46. The number of hydrogen-bond donors (Lipinski definition) is 1. The number of rotatable bonds is 4. The average Bonchev–Trinajstić information content (AvgIpc) is 3.32. The fourth-order valence-corrected chi connectivity index (χ4v) is 8.05. The van der Waals surface area contributed by atoms with Gasteiger partial charge in [-0.2, -0.15) is 26.3 Å². The first kappa shape index (κ1) is 28.9. The van der Waals surface area contributed by atoms with Crippen molar-refractivity contribution in [1.82, 2.24) is 4.57 Å². The lowest BCUT2D eigenvalue weighted by molar-refractivity contribution is -0.138. The van der Waals surface area contributed by atoms with Crippen molar-refractivity contribution in [3.63, 3.8) is 0 Å². The number of aromatic nitrogens is 1. The largest absolute Gasteiger partial charge is 0.418 e. The van der Waals surface area contributed by atoms with Crippen LogP contribution in [-0.4, -0.2) is 27.5 Å². The number of carbonyl (C=O) groups is 3. The van der Waals surface area contributed by atoms with Crippen LogP contribution >= 0.6 is 23.1 Å². The summed E-state index contributed by atoms with van der Waals surface area (Å²) < 4.78 is 81.0. The molecule has 1 fully saturated rings. The minimum atomic E-state index is -4.74. The Morgan fingerprint density at radius 2 is 1.63 bits per heavy atom. The highest BCUT2D eigenvalue weighted by Crippen LogP contribution is 2.54. The summed E-state index contributed by atoms with van der Waals surface area (Å²) in [5.41, 5.74) is -3.99. The highest BCUT2D eigenvalue weighted by molar-refractivity contribution is 8.00. The first-order valence-corrected chi connectivity index (χ1v) is 13.6. The topological polar surface area (TPSA) is 88.5 Å². The Morgan fingerprint density at radius 3 is 2.29 bits per heavy atom. The van der Waals surface area contributed by atoms with E-state index in [9.17, 15) is 45.5 Å². The maximum absolute atomic E-state index is 13.5. The molecule has 3 amide bonds. The number of thiazole rings is 1. The second kappa shape index (κ2) is 9.76. The Labute approximate surface area is 236 Å². The van der Waals surface area contributed by atoms with Crippen molar-refractivity contribution in [2.45, 2.75) is 48.4 Å². The third-order valence-electron chi connectivity index (χ3n) is 6.94. The third kappa shape index (κ3) is 4.94. The number of anilines is 2. The SMILES string of the molecule is CC1(C)c2sc(=O)n(CC(=O)Nc3ccccc3C(F)(F)F)c2S[C@@H]2C(=O)N(c3cccc(C(F)(F)F)c3)C(=O)[C@@H]21. The normalized spacial score (nSPS) is 20.1. The first-order chi connectivity index (χ1) is 19.0. The minimum Gasteiger partial charge on any atom is -0.324 e. The molecule has 0 unspecified atom stereocenters. The highest BCUT2D eigenvalue weighted by atomic mass is 32.2. The molecule has 15 heteroatoms. The molecule has 1 aromatic heterocycles. The summed E-state index contributed by atoms with van der Waals surface area (Å²) in [5, 5.41) is 1.25. The van der Waals surface area contributed by atoms with Gasteiger partial charge in [0.1, 0.15) is 11.8 Å². The number of nitrogens with zero attached hydrogens (tertiary/aromatic N) is 2. The van der Waals surface area contributed by atoms with Gasteiger partial charge in [-0.3, -0.25) is 23.7 Å². The zero-order valence-electron chi connectivity index (χ0n) is 21.1. The standard InChI is InChI=1S/C26H19F6N3O4S2/c1-24(2)17-18(21(38)35(20(17)37)13-7-5-6-12(10-13)25(27,28)29)40-22-19(24)41-23(39)34(22)11-16(36)33-15-9-4-3-8-14(15)26(30,31)32/h3-10,17-18H,11H2,1-2H3,(H,33,36)/t17-,18+/m1/s1. The molecule has 7 nitrogen and oxygen atoms in total. The van der Waals surface area contributed by atoms with Gasteiger partial charge < -0.3 is 5.32 Å². The van der Waals surface area contributed by atoms with Gasteiger partial charge in [0.2, 0.25) is 17.7 Å². The van der Waals surface area contributed by atoms with Crippen LogP contribution in [-0.2, 0) is 38.7 Å². The van der Waals surface area contributed by atoms with E-state index in [0.717, 1.165) is 58.0 Å². The van der Waals surface area contributed by atoms with Crippen LogP contribution in [0.15, 0.2) is 58.4 Å². The van der Waals surface area contributed by atoms with Gasteiger partial charge in [0, 0.05) is 10.3 Å². The van der Waals surface area contributed by atoms with Crippen molar-refractivity contribution in [3.05, 3.63) is 74.2 Å². The van der Waals surface area contributed by atoms with Gasteiger partial charge in [-0.1, -0.05) is 55.1 Å². The first-order valence-electron chi connectivity index (χ1n) is 11.9. The quantitative estimate of drug-likeness (QED) is 0.308. The summed E-state index contributed by atoms with van der Waals surface area (Å²) in [5.74, 6) is -3.46. The Kier molecular flexibility index (Phi) is 6.88. The molecule has 0 radical (unpaired) electrons. The number of thioether (sulfide) groups is 1. The molecule has 1 N–H and O–H groups in total. The molecule has 2 aliphatic heterocycles. The number of alkyl halides is 6. The molecule has 0 spiro atoms. The number of nitrogens with one attached hydrogen (secondary N) is 1. The van der Waals surface area contributed by atoms with Gasteiger partial charge in [0.25, 0.3) is 0 Å². The molecule has 0 bridgehead atoms. The molecule has 0 aliphatic carbocycles. The van der Waals surface area contributed by atoms with Crippen LogP contribution < -0.4 is 15.1 Å². The van der Waals surface area contributed by atoms with Crippen molar-refractivity contribution < 1.29 is 40.7 Å². The fourth-order valence-electron chi connectivity index (χ4n) is 5.01. The smallest absolute Gasteiger partial charge is 0.324 e. The maximum Gasteiger partial charge on any atom is 0.418 e. The van der Waals surface area contributed by atoms with Crippen molar-refractivity contribution in [2.75, 3.05) is 10.2 Å². The molecule has 2 aliphatic rings. The number of benzene rings is 2.